The summed E-state index contributed by atoms with van der Waals surface area (Å²) in [5.41, 5.74) is 2.23. The molecule has 0 spiro atoms. The molecule has 1 aliphatic heterocycles. The summed E-state index contributed by atoms with van der Waals surface area (Å²) in [5, 5.41) is 0. The zero-order chi connectivity index (χ0) is 15.7. The van der Waals surface area contributed by atoms with Gasteiger partial charge in [0.2, 0.25) is 10.0 Å². The van der Waals surface area contributed by atoms with Crippen molar-refractivity contribution in [3.05, 3.63) is 48.5 Å². The van der Waals surface area contributed by atoms with Gasteiger partial charge in [-0.25, -0.2) is 8.42 Å². The lowest BCUT2D eigenvalue weighted by Gasteiger charge is -2.20. The van der Waals surface area contributed by atoms with Crippen LogP contribution in [0.4, 0.5) is 5.69 Å². The van der Waals surface area contributed by atoms with Crippen LogP contribution in [-0.2, 0) is 14.8 Å². The van der Waals surface area contributed by atoms with Crippen molar-refractivity contribution in [1.82, 2.24) is 0 Å². The van der Waals surface area contributed by atoms with Crippen LogP contribution in [0.5, 0.6) is 5.75 Å². The number of ketones is 1. The summed E-state index contributed by atoms with van der Waals surface area (Å²) < 4.78 is 30.7. The molecule has 0 aliphatic carbocycles. The predicted molar refractivity (Wildman–Crippen MR) is 84.6 cm³/mol. The molecule has 0 unspecified atom stereocenters. The van der Waals surface area contributed by atoms with Gasteiger partial charge in [0.05, 0.1) is 19.3 Å². The minimum Gasteiger partial charge on any atom is -0.495 e. The van der Waals surface area contributed by atoms with Crippen molar-refractivity contribution in [3.8, 4) is 16.9 Å². The third kappa shape index (κ3) is 2.57. The van der Waals surface area contributed by atoms with Crippen LogP contribution in [0.3, 0.4) is 0 Å². The Morgan fingerprint density at radius 3 is 2.36 bits per heavy atom. The van der Waals surface area contributed by atoms with Gasteiger partial charge in [0.1, 0.15) is 11.5 Å². The Hall–Kier alpha value is -2.34. The molecule has 0 radical (unpaired) electrons. The molecule has 2 aromatic rings. The number of carbonyl (C=O) groups is 1. The Bertz CT molecular complexity index is 815. The van der Waals surface area contributed by atoms with Gasteiger partial charge >= 0.3 is 0 Å². The summed E-state index contributed by atoms with van der Waals surface area (Å²) in [6.45, 7) is -0.142. The fourth-order valence-corrected chi connectivity index (χ4v) is 3.95. The number of ether oxygens (including phenoxy) is 1. The molecule has 0 saturated carbocycles. The van der Waals surface area contributed by atoms with Crippen molar-refractivity contribution in [2.24, 2.45) is 0 Å². The molecule has 1 saturated heterocycles. The Labute approximate surface area is 129 Å². The SMILES string of the molecule is COc1ccc(-c2ccccc2)cc1N1CC(=O)CS1(=O)=O. The first-order valence-corrected chi connectivity index (χ1v) is 8.38. The third-order valence-corrected chi connectivity index (χ3v) is 5.24. The molecule has 5 nitrogen and oxygen atoms in total. The first-order chi connectivity index (χ1) is 10.5. The van der Waals surface area contributed by atoms with Crippen LogP contribution in [-0.4, -0.2) is 33.6 Å². The van der Waals surface area contributed by atoms with Gasteiger partial charge in [0.25, 0.3) is 0 Å². The van der Waals surface area contributed by atoms with Crippen LogP contribution in [0.2, 0.25) is 0 Å². The number of carbonyl (C=O) groups excluding carboxylic acids is 1. The molecule has 1 fully saturated rings. The predicted octanol–water partition coefficient (Wildman–Crippen LogP) is 2.08. The second-order valence-electron chi connectivity index (χ2n) is 5.05. The van der Waals surface area contributed by atoms with Crippen molar-refractivity contribution in [2.75, 3.05) is 23.7 Å². The summed E-state index contributed by atoms with van der Waals surface area (Å²) >= 11 is 0. The molecule has 1 heterocycles. The Kier molecular flexibility index (Phi) is 3.62. The molecule has 114 valence electrons. The molecule has 0 N–H and O–H groups in total. The van der Waals surface area contributed by atoms with E-state index in [0.29, 0.717) is 11.4 Å². The molecule has 0 aromatic heterocycles. The highest BCUT2D eigenvalue weighted by Gasteiger charge is 2.36. The van der Waals surface area contributed by atoms with Crippen LogP contribution < -0.4 is 9.04 Å². The lowest BCUT2D eigenvalue weighted by Crippen LogP contribution is -2.25. The highest BCUT2D eigenvalue weighted by atomic mass is 32.2. The number of sulfonamides is 1. The van der Waals surface area contributed by atoms with Crippen LogP contribution in [0.25, 0.3) is 11.1 Å². The first-order valence-electron chi connectivity index (χ1n) is 6.77. The summed E-state index contributed by atoms with van der Waals surface area (Å²) in [4.78, 5) is 11.5. The molecule has 1 aliphatic rings. The van der Waals surface area contributed by atoms with E-state index >= 15 is 0 Å². The number of methoxy groups -OCH3 is 1. The lowest BCUT2D eigenvalue weighted by molar-refractivity contribution is -0.114. The fourth-order valence-electron chi connectivity index (χ4n) is 2.52. The van der Waals surface area contributed by atoms with Gasteiger partial charge in [-0.1, -0.05) is 36.4 Å². The van der Waals surface area contributed by atoms with E-state index in [1.165, 1.54) is 7.11 Å². The summed E-state index contributed by atoms with van der Waals surface area (Å²) in [7, 11) is -2.14. The summed E-state index contributed by atoms with van der Waals surface area (Å²) in [6.07, 6.45) is 0. The Morgan fingerprint density at radius 2 is 1.77 bits per heavy atom. The quantitative estimate of drug-likeness (QED) is 0.869. The standard InChI is InChI=1S/C16H15NO4S/c1-21-16-8-7-13(12-5-3-2-4-6-12)9-15(16)17-10-14(18)11-22(17,19)20/h2-9H,10-11H2,1H3. The van der Waals surface area contributed by atoms with Crippen molar-refractivity contribution in [1.29, 1.82) is 0 Å². The summed E-state index contributed by atoms with van der Waals surface area (Å²) in [6, 6.07) is 14.9. The van der Waals surface area contributed by atoms with Crippen molar-refractivity contribution in [2.45, 2.75) is 0 Å². The number of Topliss-reactive ketones (excluding diaryl/α,β-unsaturated/α-hetero) is 1. The molecule has 0 atom stereocenters. The first kappa shape index (κ1) is 14.6. The largest absolute Gasteiger partial charge is 0.495 e. The maximum absolute atomic E-state index is 12.1. The minimum absolute atomic E-state index is 0.142. The second-order valence-corrected chi connectivity index (χ2v) is 6.95. The lowest BCUT2D eigenvalue weighted by atomic mass is 10.0. The topological polar surface area (TPSA) is 63.7 Å². The van der Waals surface area contributed by atoms with E-state index < -0.39 is 15.8 Å². The van der Waals surface area contributed by atoms with E-state index in [9.17, 15) is 13.2 Å². The van der Waals surface area contributed by atoms with Crippen LogP contribution in [0, 0.1) is 0 Å². The van der Waals surface area contributed by atoms with Gasteiger partial charge in [-0.05, 0) is 23.3 Å². The van der Waals surface area contributed by atoms with Crippen molar-refractivity contribution >= 4 is 21.5 Å². The fraction of sp³-hybridized carbons (Fsp3) is 0.188. The molecule has 22 heavy (non-hydrogen) atoms. The number of nitrogens with zero attached hydrogens (tertiary/aromatic N) is 1. The van der Waals surface area contributed by atoms with Crippen LogP contribution in [0.1, 0.15) is 0 Å². The van der Waals surface area contributed by atoms with E-state index in [1.54, 1.807) is 12.1 Å². The zero-order valence-corrected chi connectivity index (χ0v) is 12.8. The number of rotatable bonds is 3. The van der Waals surface area contributed by atoms with Gasteiger partial charge in [-0.3, -0.25) is 9.10 Å². The van der Waals surface area contributed by atoms with Gasteiger partial charge in [-0.2, -0.15) is 0 Å². The molecule has 6 heteroatoms. The van der Waals surface area contributed by atoms with Crippen LogP contribution in [0.15, 0.2) is 48.5 Å². The molecule has 3 rings (SSSR count). The van der Waals surface area contributed by atoms with Gasteiger partial charge in [0.15, 0.2) is 5.78 Å². The van der Waals surface area contributed by atoms with E-state index in [2.05, 4.69) is 0 Å². The molecule has 0 bridgehead atoms. The number of hydrogen-bond acceptors (Lipinski definition) is 4. The highest BCUT2D eigenvalue weighted by Crippen LogP contribution is 2.36. The van der Waals surface area contributed by atoms with E-state index in [-0.39, 0.29) is 12.3 Å². The number of anilines is 1. The summed E-state index contributed by atoms with van der Waals surface area (Å²) in [5.74, 6) is -0.337. The average Bonchev–Trinajstić information content (AvgIpc) is 2.80. The molecule has 0 amide bonds. The second kappa shape index (κ2) is 5.46. The highest BCUT2D eigenvalue weighted by molar-refractivity contribution is 7.94. The van der Waals surface area contributed by atoms with E-state index in [0.717, 1.165) is 15.4 Å². The maximum Gasteiger partial charge on any atom is 0.242 e. The molecular weight excluding hydrogens is 302 g/mol. The zero-order valence-electron chi connectivity index (χ0n) is 12.0. The van der Waals surface area contributed by atoms with E-state index in [4.69, 9.17) is 4.74 Å². The Balaban J connectivity index is 2.12. The minimum atomic E-state index is -3.62. The van der Waals surface area contributed by atoms with Crippen molar-refractivity contribution < 1.29 is 17.9 Å². The average molecular weight is 317 g/mol. The molecular formula is C16H15NO4S. The number of hydrogen-bond donors (Lipinski definition) is 0. The van der Waals surface area contributed by atoms with Gasteiger partial charge < -0.3 is 4.74 Å². The third-order valence-electron chi connectivity index (χ3n) is 3.55. The monoisotopic (exact) mass is 317 g/mol. The molecule has 2 aromatic carbocycles. The number of benzene rings is 2. The van der Waals surface area contributed by atoms with E-state index in [1.807, 2.05) is 36.4 Å². The Morgan fingerprint density at radius 1 is 1.05 bits per heavy atom. The van der Waals surface area contributed by atoms with Crippen molar-refractivity contribution in [3.63, 3.8) is 0 Å². The van der Waals surface area contributed by atoms with Gasteiger partial charge in [0, 0.05) is 0 Å². The maximum atomic E-state index is 12.1. The normalized spacial score (nSPS) is 16.8. The van der Waals surface area contributed by atoms with Crippen LogP contribution >= 0.6 is 0 Å². The van der Waals surface area contributed by atoms with Gasteiger partial charge in [-0.15, -0.1) is 0 Å². The smallest absolute Gasteiger partial charge is 0.242 e.